The summed E-state index contributed by atoms with van der Waals surface area (Å²) in [5.41, 5.74) is 10.6. The van der Waals surface area contributed by atoms with Crippen LogP contribution in [0.4, 0.5) is 8.78 Å². The van der Waals surface area contributed by atoms with Crippen LogP contribution < -0.4 is 11.1 Å². The average molecular weight is 608 g/mol. The molecular weight excluding hydrogens is 560 g/mol. The van der Waals surface area contributed by atoms with E-state index in [2.05, 4.69) is 31.3 Å². The molecule has 0 aliphatic carbocycles. The smallest absolute Gasteiger partial charge is 0.338 e. The number of rotatable bonds is 16. The summed E-state index contributed by atoms with van der Waals surface area (Å²) in [5.74, 6) is -1.61. The van der Waals surface area contributed by atoms with E-state index in [4.69, 9.17) is 10.5 Å². The van der Waals surface area contributed by atoms with E-state index in [1.807, 2.05) is 32.9 Å². The zero-order valence-electron chi connectivity index (χ0n) is 26.7. The molecule has 8 heteroatoms. The van der Waals surface area contributed by atoms with Gasteiger partial charge in [-0.1, -0.05) is 52.0 Å². The predicted octanol–water partition coefficient (Wildman–Crippen LogP) is 6.62. The van der Waals surface area contributed by atoms with Gasteiger partial charge in [-0.3, -0.25) is 4.79 Å². The van der Waals surface area contributed by atoms with Crippen molar-refractivity contribution in [3.63, 3.8) is 0 Å². The molecule has 0 radical (unpaired) electrons. The Labute approximate surface area is 261 Å². The van der Waals surface area contributed by atoms with Crippen molar-refractivity contribution in [1.82, 2.24) is 10.2 Å². The molecule has 2 atom stereocenters. The second-order valence-electron chi connectivity index (χ2n) is 12.0. The Morgan fingerprint density at radius 2 is 1.50 bits per heavy atom. The molecule has 0 heterocycles. The fourth-order valence-corrected chi connectivity index (χ4v) is 5.38. The molecule has 0 saturated heterocycles. The fraction of sp³-hybridized carbons (Fsp3) is 0.444. The zero-order valence-corrected chi connectivity index (χ0v) is 26.7. The normalized spacial score (nSPS) is 12.7. The number of carbonyl (C=O) groups is 2. The molecule has 6 nitrogen and oxygen atoms in total. The molecule has 0 saturated carbocycles. The number of ether oxygens (including phenoxy) is 1. The van der Waals surface area contributed by atoms with Gasteiger partial charge in [0.15, 0.2) is 0 Å². The van der Waals surface area contributed by atoms with E-state index in [9.17, 15) is 18.4 Å². The number of nitrogens with zero attached hydrogens (tertiary/aromatic N) is 1. The van der Waals surface area contributed by atoms with Gasteiger partial charge in [0, 0.05) is 43.9 Å². The van der Waals surface area contributed by atoms with Crippen LogP contribution in [0.15, 0.2) is 60.7 Å². The van der Waals surface area contributed by atoms with Gasteiger partial charge in [0.05, 0.1) is 5.56 Å². The van der Waals surface area contributed by atoms with Gasteiger partial charge in [0.2, 0.25) is 0 Å². The predicted molar refractivity (Wildman–Crippen MR) is 172 cm³/mol. The number of hydrogen-bond donors (Lipinski definition) is 2. The van der Waals surface area contributed by atoms with Gasteiger partial charge < -0.3 is 20.7 Å². The van der Waals surface area contributed by atoms with E-state index in [0.29, 0.717) is 36.7 Å². The van der Waals surface area contributed by atoms with E-state index >= 15 is 0 Å². The highest BCUT2D eigenvalue weighted by molar-refractivity contribution is 5.98. The van der Waals surface area contributed by atoms with Crippen molar-refractivity contribution in [2.75, 3.05) is 19.6 Å². The molecule has 0 bridgehead atoms. The lowest BCUT2D eigenvalue weighted by Gasteiger charge is -2.25. The van der Waals surface area contributed by atoms with E-state index in [0.717, 1.165) is 36.5 Å². The third-order valence-corrected chi connectivity index (χ3v) is 7.27. The van der Waals surface area contributed by atoms with Crippen molar-refractivity contribution in [2.45, 2.75) is 79.0 Å². The summed E-state index contributed by atoms with van der Waals surface area (Å²) in [6.45, 7) is 12.2. The Bertz CT molecular complexity index is 1370. The van der Waals surface area contributed by atoms with E-state index < -0.39 is 29.7 Å². The molecule has 0 fully saturated rings. The van der Waals surface area contributed by atoms with Crippen molar-refractivity contribution >= 4 is 11.9 Å². The second-order valence-corrected chi connectivity index (χ2v) is 12.0. The lowest BCUT2D eigenvalue weighted by atomic mass is 10.0. The van der Waals surface area contributed by atoms with Crippen LogP contribution in [0.2, 0.25) is 0 Å². The molecular formula is C36H47F2N3O3. The quantitative estimate of drug-likeness (QED) is 0.179. The summed E-state index contributed by atoms with van der Waals surface area (Å²) in [6.07, 6.45) is 1.91. The number of nitrogens with two attached hydrogens (primary N) is 1. The van der Waals surface area contributed by atoms with Crippen LogP contribution in [0.3, 0.4) is 0 Å². The summed E-state index contributed by atoms with van der Waals surface area (Å²) in [6, 6.07) is 15.8. The molecule has 3 N–H and O–H groups in total. The maximum Gasteiger partial charge on any atom is 0.338 e. The lowest BCUT2D eigenvalue weighted by Crippen LogP contribution is -2.46. The SMILES string of the molecule is CCCN(CCC)C(=O)c1cc(C)cc(C(=O)OC(CNCc2cccc(CC(C)C)c2)C(N)Cc2cc(F)cc(F)c2)c1. The van der Waals surface area contributed by atoms with Gasteiger partial charge in [-0.25, -0.2) is 13.6 Å². The Balaban J connectivity index is 1.81. The molecule has 1 amide bonds. The molecule has 238 valence electrons. The van der Waals surface area contributed by atoms with Crippen molar-refractivity contribution in [3.05, 3.63) is 106 Å². The number of nitrogens with one attached hydrogen (secondary N) is 1. The summed E-state index contributed by atoms with van der Waals surface area (Å²) in [4.78, 5) is 28.6. The standard InChI is InChI=1S/C36H47F2N3O3/c1-6-11-41(12-7-2)35(42)29-14-25(5)15-30(20-29)36(43)44-34(33(39)19-28-17-31(37)21-32(38)18-28)23-40-22-27-10-8-9-26(16-27)13-24(3)4/h8-10,14-18,20-21,24,33-34,40H,6-7,11-13,19,22-23,39H2,1-5H3. The number of esters is 1. The van der Waals surface area contributed by atoms with E-state index in [1.165, 1.54) is 17.7 Å². The van der Waals surface area contributed by atoms with Crippen LogP contribution in [-0.4, -0.2) is 48.6 Å². The van der Waals surface area contributed by atoms with Crippen LogP contribution in [0, 0.1) is 24.5 Å². The van der Waals surface area contributed by atoms with Gasteiger partial charge in [-0.05, 0) is 91.1 Å². The van der Waals surface area contributed by atoms with E-state index in [1.54, 1.807) is 23.1 Å². The van der Waals surface area contributed by atoms with E-state index in [-0.39, 0.29) is 24.4 Å². The summed E-state index contributed by atoms with van der Waals surface area (Å²) in [7, 11) is 0. The monoisotopic (exact) mass is 607 g/mol. The first-order valence-electron chi connectivity index (χ1n) is 15.6. The highest BCUT2D eigenvalue weighted by Gasteiger charge is 2.25. The number of hydrogen-bond acceptors (Lipinski definition) is 5. The molecule has 0 aromatic heterocycles. The number of aryl methyl sites for hydroxylation is 1. The molecule has 3 aromatic rings. The number of halogens is 2. The molecule has 44 heavy (non-hydrogen) atoms. The minimum atomic E-state index is -0.816. The highest BCUT2D eigenvalue weighted by Crippen LogP contribution is 2.18. The number of benzene rings is 3. The summed E-state index contributed by atoms with van der Waals surface area (Å²) in [5, 5.41) is 3.35. The van der Waals surface area contributed by atoms with Crippen molar-refractivity contribution < 1.29 is 23.1 Å². The first-order chi connectivity index (χ1) is 21.0. The number of carbonyl (C=O) groups excluding carboxylic acids is 2. The Hall–Kier alpha value is -3.62. The third kappa shape index (κ3) is 10.8. The van der Waals surface area contributed by atoms with Crippen molar-refractivity contribution in [1.29, 1.82) is 0 Å². The average Bonchev–Trinajstić information content (AvgIpc) is 2.95. The highest BCUT2D eigenvalue weighted by atomic mass is 19.1. The van der Waals surface area contributed by atoms with Crippen LogP contribution in [0.5, 0.6) is 0 Å². The van der Waals surface area contributed by atoms with Crippen LogP contribution >= 0.6 is 0 Å². The second kappa shape index (κ2) is 17.0. The van der Waals surface area contributed by atoms with Gasteiger partial charge in [-0.2, -0.15) is 0 Å². The summed E-state index contributed by atoms with van der Waals surface area (Å²) < 4.78 is 33.7. The topological polar surface area (TPSA) is 84.7 Å². The molecule has 2 unspecified atom stereocenters. The van der Waals surface area contributed by atoms with Gasteiger partial charge in [0.25, 0.3) is 5.91 Å². The Morgan fingerprint density at radius 3 is 2.14 bits per heavy atom. The van der Waals surface area contributed by atoms with Crippen LogP contribution in [0.1, 0.15) is 83.5 Å². The van der Waals surface area contributed by atoms with Gasteiger partial charge in [-0.15, -0.1) is 0 Å². The van der Waals surface area contributed by atoms with Crippen LogP contribution in [-0.2, 0) is 24.1 Å². The lowest BCUT2D eigenvalue weighted by molar-refractivity contribution is 0.0238. The Morgan fingerprint density at radius 1 is 0.864 bits per heavy atom. The van der Waals surface area contributed by atoms with Gasteiger partial charge in [0.1, 0.15) is 17.7 Å². The molecule has 3 rings (SSSR count). The summed E-state index contributed by atoms with van der Waals surface area (Å²) >= 11 is 0. The van der Waals surface area contributed by atoms with Gasteiger partial charge >= 0.3 is 5.97 Å². The fourth-order valence-electron chi connectivity index (χ4n) is 5.38. The first-order valence-corrected chi connectivity index (χ1v) is 15.6. The number of amides is 1. The molecule has 3 aromatic carbocycles. The Kier molecular flexibility index (Phi) is 13.5. The minimum Gasteiger partial charge on any atom is -0.456 e. The largest absolute Gasteiger partial charge is 0.456 e. The zero-order chi connectivity index (χ0) is 32.2. The molecule has 0 aliphatic heterocycles. The van der Waals surface area contributed by atoms with Crippen LogP contribution in [0.25, 0.3) is 0 Å². The maximum absolute atomic E-state index is 13.9. The minimum absolute atomic E-state index is 0.0960. The first kappa shape index (κ1) is 34.9. The third-order valence-electron chi connectivity index (χ3n) is 7.27. The van der Waals surface area contributed by atoms with Crippen molar-refractivity contribution in [3.8, 4) is 0 Å². The van der Waals surface area contributed by atoms with Crippen molar-refractivity contribution in [2.24, 2.45) is 11.7 Å². The molecule has 0 aliphatic rings. The maximum atomic E-state index is 13.9. The molecule has 0 spiro atoms.